The molecule has 1 saturated heterocycles. The standard InChI is InChI=1S/C23H21N5O/c1-14-3-6-18(9-20(14)22(27)21(11-25)15(2)26)23(29)28-12-19(13-28)17-7-4-16(10-24)5-8-17/h3-9,19,27H,12-13,26H2,1-2H3. The van der Waals surface area contributed by atoms with Gasteiger partial charge in [-0.2, -0.15) is 10.5 Å². The van der Waals surface area contributed by atoms with Crippen molar-refractivity contribution in [1.29, 1.82) is 15.9 Å². The topological polar surface area (TPSA) is 118 Å². The number of hydrogen-bond donors (Lipinski definition) is 2. The maximum Gasteiger partial charge on any atom is 0.253 e. The van der Waals surface area contributed by atoms with Crippen LogP contribution < -0.4 is 5.73 Å². The summed E-state index contributed by atoms with van der Waals surface area (Å²) >= 11 is 0. The van der Waals surface area contributed by atoms with E-state index >= 15 is 0 Å². The zero-order valence-corrected chi connectivity index (χ0v) is 16.4. The number of nitrogens with two attached hydrogens (primary N) is 1. The molecule has 2 aromatic rings. The molecular formula is C23H21N5O. The van der Waals surface area contributed by atoms with Crippen LogP contribution >= 0.6 is 0 Å². The highest BCUT2D eigenvalue weighted by Gasteiger charge is 2.32. The van der Waals surface area contributed by atoms with E-state index in [1.807, 2.05) is 25.1 Å². The maximum absolute atomic E-state index is 12.9. The fourth-order valence-electron chi connectivity index (χ4n) is 3.37. The van der Waals surface area contributed by atoms with Crippen LogP contribution in [0.5, 0.6) is 0 Å². The van der Waals surface area contributed by atoms with E-state index in [0.717, 1.165) is 11.1 Å². The molecule has 0 bridgehead atoms. The monoisotopic (exact) mass is 383 g/mol. The van der Waals surface area contributed by atoms with Gasteiger partial charge in [0.1, 0.15) is 6.07 Å². The van der Waals surface area contributed by atoms with Crippen molar-refractivity contribution in [2.45, 2.75) is 19.8 Å². The van der Waals surface area contributed by atoms with Crippen molar-refractivity contribution < 1.29 is 4.79 Å². The van der Waals surface area contributed by atoms with Crippen LogP contribution in [-0.4, -0.2) is 29.6 Å². The van der Waals surface area contributed by atoms with Crippen LogP contribution in [-0.2, 0) is 0 Å². The molecule has 6 heteroatoms. The van der Waals surface area contributed by atoms with Gasteiger partial charge in [0.25, 0.3) is 5.91 Å². The van der Waals surface area contributed by atoms with E-state index in [0.29, 0.717) is 29.8 Å². The van der Waals surface area contributed by atoms with E-state index in [1.165, 1.54) is 0 Å². The third kappa shape index (κ3) is 3.88. The highest BCUT2D eigenvalue weighted by atomic mass is 16.2. The first-order valence-corrected chi connectivity index (χ1v) is 9.21. The number of aryl methyl sites for hydroxylation is 1. The first-order valence-electron chi connectivity index (χ1n) is 9.21. The molecule has 0 spiro atoms. The fourth-order valence-corrected chi connectivity index (χ4v) is 3.37. The minimum atomic E-state index is -0.101. The van der Waals surface area contributed by atoms with Crippen LogP contribution in [0.1, 0.15) is 45.5 Å². The quantitative estimate of drug-likeness (QED) is 0.622. The summed E-state index contributed by atoms with van der Waals surface area (Å²) < 4.78 is 0. The number of nitrogens with one attached hydrogen (secondary N) is 1. The van der Waals surface area contributed by atoms with Gasteiger partial charge in [-0.05, 0) is 49.2 Å². The van der Waals surface area contributed by atoms with E-state index in [2.05, 4.69) is 6.07 Å². The lowest BCUT2D eigenvalue weighted by molar-refractivity contribution is 0.0602. The second-order valence-corrected chi connectivity index (χ2v) is 7.22. The lowest BCUT2D eigenvalue weighted by Gasteiger charge is -2.39. The molecule has 1 amide bonds. The molecular weight excluding hydrogens is 362 g/mol. The molecule has 3 N–H and O–H groups in total. The van der Waals surface area contributed by atoms with Gasteiger partial charge in [0.2, 0.25) is 0 Å². The number of amides is 1. The fraction of sp³-hybridized carbons (Fsp3) is 0.217. The lowest BCUT2D eigenvalue weighted by Crippen LogP contribution is -2.48. The van der Waals surface area contributed by atoms with Gasteiger partial charge in [-0.1, -0.05) is 18.2 Å². The van der Waals surface area contributed by atoms with E-state index in [9.17, 15) is 10.1 Å². The Hall–Kier alpha value is -3.90. The molecule has 0 saturated carbocycles. The zero-order chi connectivity index (χ0) is 21.1. The van der Waals surface area contributed by atoms with Gasteiger partial charge < -0.3 is 10.6 Å². The predicted molar refractivity (Wildman–Crippen MR) is 110 cm³/mol. The predicted octanol–water partition coefficient (Wildman–Crippen LogP) is 3.23. The molecule has 0 atom stereocenters. The van der Waals surface area contributed by atoms with Gasteiger partial charge in [0.15, 0.2) is 0 Å². The molecule has 29 heavy (non-hydrogen) atoms. The minimum Gasteiger partial charge on any atom is -0.401 e. The molecule has 1 aliphatic rings. The molecule has 2 aromatic carbocycles. The third-order valence-corrected chi connectivity index (χ3v) is 5.19. The number of carbonyl (C=O) groups is 1. The first-order chi connectivity index (χ1) is 13.8. The summed E-state index contributed by atoms with van der Waals surface area (Å²) in [7, 11) is 0. The van der Waals surface area contributed by atoms with Crippen molar-refractivity contribution >= 4 is 11.6 Å². The first kappa shape index (κ1) is 19.9. The Balaban J connectivity index is 1.76. The zero-order valence-electron chi connectivity index (χ0n) is 16.4. The molecule has 0 unspecified atom stereocenters. The maximum atomic E-state index is 12.9. The molecule has 144 valence electrons. The molecule has 1 heterocycles. The van der Waals surface area contributed by atoms with Gasteiger partial charge >= 0.3 is 0 Å². The number of likely N-dealkylation sites (tertiary alicyclic amines) is 1. The molecule has 6 nitrogen and oxygen atoms in total. The van der Waals surface area contributed by atoms with Crippen molar-refractivity contribution in [3.8, 4) is 12.1 Å². The van der Waals surface area contributed by atoms with Crippen molar-refractivity contribution in [1.82, 2.24) is 4.90 Å². The number of benzene rings is 2. The van der Waals surface area contributed by atoms with Crippen LogP contribution in [0.25, 0.3) is 0 Å². The number of rotatable bonds is 4. The summed E-state index contributed by atoms with van der Waals surface area (Å²) in [6.07, 6.45) is 0. The summed E-state index contributed by atoms with van der Waals surface area (Å²) in [5.41, 5.74) is 9.70. The van der Waals surface area contributed by atoms with Crippen molar-refractivity contribution in [2.75, 3.05) is 13.1 Å². The molecule has 0 aliphatic carbocycles. The van der Waals surface area contributed by atoms with Crippen molar-refractivity contribution in [3.63, 3.8) is 0 Å². The number of nitrogens with zero attached hydrogens (tertiary/aromatic N) is 3. The Kier molecular flexibility index (Phi) is 5.47. The van der Waals surface area contributed by atoms with E-state index < -0.39 is 0 Å². The smallest absolute Gasteiger partial charge is 0.253 e. The highest BCUT2D eigenvalue weighted by Crippen LogP contribution is 2.29. The van der Waals surface area contributed by atoms with Crippen LogP contribution in [0.2, 0.25) is 0 Å². The van der Waals surface area contributed by atoms with Gasteiger partial charge in [0, 0.05) is 35.8 Å². The Morgan fingerprint density at radius 1 is 1.17 bits per heavy atom. The highest BCUT2D eigenvalue weighted by molar-refractivity contribution is 6.15. The SMILES string of the molecule is CC(N)=C(C#N)C(=N)c1cc(C(=O)N2CC(c3ccc(C#N)cc3)C2)ccc1C. The molecule has 1 aliphatic heterocycles. The second kappa shape index (κ2) is 8.00. The van der Waals surface area contributed by atoms with Crippen LogP contribution in [0, 0.1) is 35.0 Å². The molecule has 0 aromatic heterocycles. The van der Waals surface area contributed by atoms with Crippen molar-refractivity contribution in [3.05, 3.63) is 81.6 Å². The van der Waals surface area contributed by atoms with Crippen LogP contribution in [0.4, 0.5) is 0 Å². The summed E-state index contributed by atoms with van der Waals surface area (Å²) in [6, 6.07) is 16.7. The third-order valence-electron chi connectivity index (χ3n) is 5.19. The number of carbonyl (C=O) groups excluding carboxylic acids is 1. The number of nitriles is 2. The Bertz CT molecular complexity index is 1090. The summed E-state index contributed by atoms with van der Waals surface area (Å²) in [5, 5.41) is 26.5. The largest absolute Gasteiger partial charge is 0.401 e. The molecule has 3 rings (SSSR count). The molecule has 0 radical (unpaired) electrons. The number of allylic oxidation sites excluding steroid dienone is 2. The van der Waals surface area contributed by atoms with Gasteiger partial charge in [-0.3, -0.25) is 10.2 Å². The van der Waals surface area contributed by atoms with E-state index in [-0.39, 0.29) is 28.8 Å². The second-order valence-electron chi connectivity index (χ2n) is 7.22. The van der Waals surface area contributed by atoms with Crippen molar-refractivity contribution in [2.24, 2.45) is 5.73 Å². The lowest BCUT2D eigenvalue weighted by atomic mass is 9.89. The minimum absolute atomic E-state index is 0.0266. The summed E-state index contributed by atoms with van der Waals surface area (Å²) in [6.45, 7) is 4.64. The van der Waals surface area contributed by atoms with E-state index in [1.54, 1.807) is 42.2 Å². The normalized spacial score (nSPS) is 14.3. The Morgan fingerprint density at radius 3 is 2.38 bits per heavy atom. The molecule has 1 fully saturated rings. The van der Waals surface area contributed by atoms with Crippen LogP contribution in [0.15, 0.2) is 53.7 Å². The van der Waals surface area contributed by atoms with Crippen LogP contribution in [0.3, 0.4) is 0 Å². The van der Waals surface area contributed by atoms with Gasteiger partial charge in [-0.15, -0.1) is 0 Å². The number of hydrogen-bond acceptors (Lipinski definition) is 5. The van der Waals surface area contributed by atoms with E-state index in [4.69, 9.17) is 16.4 Å². The average Bonchev–Trinajstić information content (AvgIpc) is 2.67. The van der Waals surface area contributed by atoms with Gasteiger partial charge in [0.05, 0.1) is 22.9 Å². The Labute approximate surface area is 170 Å². The summed E-state index contributed by atoms with van der Waals surface area (Å²) in [5.74, 6) is 0.152. The summed E-state index contributed by atoms with van der Waals surface area (Å²) in [4.78, 5) is 14.6. The average molecular weight is 383 g/mol. The Morgan fingerprint density at radius 2 is 1.83 bits per heavy atom. The van der Waals surface area contributed by atoms with Gasteiger partial charge in [-0.25, -0.2) is 0 Å².